The molecule has 1 aromatic carbocycles. The Labute approximate surface area is 93.1 Å². The molecule has 15 heavy (non-hydrogen) atoms. The molecule has 82 valence electrons. The SMILES string of the molecule is Cc1ccc(C)c2c1CCC(N(C)C)C2. The monoisotopic (exact) mass is 203 g/mol. The van der Waals surface area contributed by atoms with Crippen molar-refractivity contribution in [3.8, 4) is 0 Å². The molecule has 0 aromatic heterocycles. The van der Waals surface area contributed by atoms with Crippen LogP contribution in [0.5, 0.6) is 0 Å². The molecule has 1 nitrogen and oxygen atoms in total. The van der Waals surface area contributed by atoms with Crippen LogP contribution in [-0.2, 0) is 12.8 Å². The van der Waals surface area contributed by atoms with Crippen LogP contribution >= 0.6 is 0 Å². The van der Waals surface area contributed by atoms with E-state index >= 15 is 0 Å². The molecule has 2 rings (SSSR count). The average molecular weight is 203 g/mol. The molecule has 0 amide bonds. The van der Waals surface area contributed by atoms with Crippen molar-refractivity contribution in [3.63, 3.8) is 0 Å². The van der Waals surface area contributed by atoms with Crippen LogP contribution in [0.1, 0.15) is 28.7 Å². The Morgan fingerprint density at radius 1 is 1.07 bits per heavy atom. The lowest BCUT2D eigenvalue weighted by atomic mass is 9.83. The highest BCUT2D eigenvalue weighted by atomic mass is 15.1. The fraction of sp³-hybridized carbons (Fsp3) is 0.571. The summed E-state index contributed by atoms with van der Waals surface area (Å²) in [6.07, 6.45) is 3.80. The van der Waals surface area contributed by atoms with Crippen molar-refractivity contribution < 1.29 is 0 Å². The summed E-state index contributed by atoms with van der Waals surface area (Å²) in [6.45, 7) is 4.49. The Balaban J connectivity index is 2.36. The lowest BCUT2D eigenvalue weighted by Gasteiger charge is -2.31. The zero-order valence-electron chi connectivity index (χ0n) is 10.3. The summed E-state index contributed by atoms with van der Waals surface area (Å²) < 4.78 is 0. The van der Waals surface area contributed by atoms with Crippen LogP contribution in [-0.4, -0.2) is 25.0 Å². The van der Waals surface area contributed by atoms with Gasteiger partial charge in [0.05, 0.1) is 0 Å². The van der Waals surface area contributed by atoms with Gasteiger partial charge in [-0.1, -0.05) is 12.1 Å². The van der Waals surface area contributed by atoms with Gasteiger partial charge in [-0.3, -0.25) is 0 Å². The van der Waals surface area contributed by atoms with Gasteiger partial charge in [-0.2, -0.15) is 0 Å². The number of fused-ring (bicyclic) bond motifs is 1. The maximum Gasteiger partial charge on any atom is 0.0133 e. The molecule has 1 heteroatoms. The van der Waals surface area contributed by atoms with Crippen LogP contribution in [0.4, 0.5) is 0 Å². The average Bonchev–Trinajstić information content (AvgIpc) is 2.23. The summed E-state index contributed by atoms with van der Waals surface area (Å²) in [5.41, 5.74) is 6.18. The van der Waals surface area contributed by atoms with E-state index in [9.17, 15) is 0 Å². The minimum Gasteiger partial charge on any atom is -0.306 e. The Bertz CT molecular complexity index is 366. The van der Waals surface area contributed by atoms with Gasteiger partial charge in [-0.05, 0) is 69.5 Å². The van der Waals surface area contributed by atoms with E-state index in [0.29, 0.717) is 0 Å². The van der Waals surface area contributed by atoms with Crippen molar-refractivity contribution in [2.45, 2.75) is 39.2 Å². The second-order valence-corrected chi connectivity index (χ2v) is 5.02. The first kappa shape index (κ1) is 10.7. The summed E-state index contributed by atoms with van der Waals surface area (Å²) in [6, 6.07) is 5.27. The molecule has 0 fully saturated rings. The summed E-state index contributed by atoms with van der Waals surface area (Å²) in [5, 5.41) is 0. The van der Waals surface area contributed by atoms with Crippen molar-refractivity contribution >= 4 is 0 Å². The van der Waals surface area contributed by atoms with Crippen molar-refractivity contribution in [1.82, 2.24) is 4.90 Å². The first-order valence-corrected chi connectivity index (χ1v) is 5.84. The van der Waals surface area contributed by atoms with E-state index in [2.05, 4.69) is 45.0 Å². The van der Waals surface area contributed by atoms with Gasteiger partial charge in [0.25, 0.3) is 0 Å². The Morgan fingerprint density at radius 3 is 2.27 bits per heavy atom. The molecule has 0 N–H and O–H groups in total. The quantitative estimate of drug-likeness (QED) is 0.678. The lowest BCUT2D eigenvalue weighted by molar-refractivity contribution is 0.267. The fourth-order valence-corrected chi connectivity index (χ4v) is 2.65. The molecule has 0 spiro atoms. The molecular weight excluding hydrogens is 182 g/mol. The van der Waals surface area contributed by atoms with Crippen LogP contribution in [0, 0.1) is 13.8 Å². The number of nitrogens with zero attached hydrogens (tertiary/aromatic N) is 1. The zero-order valence-corrected chi connectivity index (χ0v) is 10.3. The lowest BCUT2D eigenvalue weighted by Crippen LogP contribution is -2.34. The van der Waals surface area contributed by atoms with E-state index in [-0.39, 0.29) is 0 Å². The minimum atomic E-state index is 0.734. The summed E-state index contributed by atoms with van der Waals surface area (Å²) >= 11 is 0. The van der Waals surface area contributed by atoms with Gasteiger partial charge in [-0.15, -0.1) is 0 Å². The van der Waals surface area contributed by atoms with Crippen molar-refractivity contribution in [1.29, 1.82) is 0 Å². The summed E-state index contributed by atoms with van der Waals surface area (Å²) in [5.74, 6) is 0. The van der Waals surface area contributed by atoms with Gasteiger partial charge >= 0.3 is 0 Å². The second-order valence-electron chi connectivity index (χ2n) is 5.02. The van der Waals surface area contributed by atoms with E-state index in [1.807, 2.05) is 0 Å². The van der Waals surface area contributed by atoms with Crippen LogP contribution < -0.4 is 0 Å². The molecule has 0 saturated carbocycles. The van der Waals surface area contributed by atoms with Crippen LogP contribution in [0.15, 0.2) is 12.1 Å². The third-order valence-electron chi connectivity index (χ3n) is 3.80. The topological polar surface area (TPSA) is 3.24 Å². The van der Waals surface area contributed by atoms with E-state index < -0.39 is 0 Å². The molecule has 0 heterocycles. The van der Waals surface area contributed by atoms with E-state index in [1.165, 1.54) is 30.4 Å². The fourth-order valence-electron chi connectivity index (χ4n) is 2.65. The van der Waals surface area contributed by atoms with Crippen molar-refractivity contribution in [2.24, 2.45) is 0 Å². The third-order valence-corrected chi connectivity index (χ3v) is 3.80. The molecule has 1 atom stereocenters. The molecule has 1 aliphatic carbocycles. The first-order valence-electron chi connectivity index (χ1n) is 5.84. The highest BCUT2D eigenvalue weighted by Gasteiger charge is 2.22. The third kappa shape index (κ3) is 1.93. The van der Waals surface area contributed by atoms with Gasteiger partial charge in [0.2, 0.25) is 0 Å². The molecule has 1 aliphatic rings. The Hall–Kier alpha value is -0.820. The Kier molecular flexibility index (Phi) is 2.83. The number of likely N-dealkylation sites (N-methyl/N-ethyl adjacent to an activating group) is 1. The number of benzene rings is 1. The predicted octanol–water partition coefficient (Wildman–Crippen LogP) is 2.72. The largest absolute Gasteiger partial charge is 0.306 e. The molecule has 0 aliphatic heterocycles. The highest BCUT2D eigenvalue weighted by Crippen LogP contribution is 2.28. The van der Waals surface area contributed by atoms with E-state index in [4.69, 9.17) is 0 Å². The zero-order chi connectivity index (χ0) is 11.0. The summed E-state index contributed by atoms with van der Waals surface area (Å²) in [7, 11) is 4.39. The van der Waals surface area contributed by atoms with E-state index in [1.54, 1.807) is 11.1 Å². The Morgan fingerprint density at radius 2 is 1.67 bits per heavy atom. The number of rotatable bonds is 1. The van der Waals surface area contributed by atoms with Gasteiger partial charge in [0, 0.05) is 6.04 Å². The van der Waals surface area contributed by atoms with Gasteiger partial charge in [-0.25, -0.2) is 0 Å². The van der Waals surface area contributed by atoms with Crippen LogP contribution in [0.3, 0.4) is 0 Å². The number of hydrogen-bond acceptors (Lipinski definition) is 1. The predicted molar refractivity (Wildman–Crippen MR) is 65.4 cm³/mol. The normalized spacial score (nSPS) is 20.5. The van der Waals surface area contributed by atoms with Crippen LogP contribution in [0.25, 0.3) is 0 Å². The van der Waals surface area contributed by atoms with Gasteiger partial charge < -0.3 is 4.90 Å². The molecule has 1 aromatic rings. The molecule has 1 unspecified atom stereocenters. The molecule has 0 bridgehead atoms. The number of aryl methyl sites for hydroxylation is 2. The first-order chi connectivity index (χ1) is 7.09. The highest BCUT2D eigenvalue weighted by molar-refractivity contribution is 5.42. The van der Waals surface area contributed by atoms with Gasteiger partial charge in [0.1, 0.15) is 0 Å². The van der Waals surface area contributed by atoms with Crippen molar-refractivity contribution in [3.05, 3.63) is 34.4 Å². The smallest absolute Gasteiger partial charge is 0.0133 e. The summed E-state index contributed by atoms with van der Waals surface area (Å²) in [4.78, 5) is 2.37. The number of hydrogen-bond donors (Lipinski definition) is 0. The van der Waals surface area contributed by atoms with Crippen LogP contribution in [0.2, 0.25) is 0 Å². The minimum absolute atomic E-state index is 0.734. The standard InChI is InChI=1S/C14H21N/c1-10-5-6-11(2)14-9-12(15(3)4)7-8-13(10)14/h5-6,12H,7-9H2,1-4H3. The van der Waals surface area contributed by atoms with E-state index in [0.717, 1.165) is 6.04 Å². The maximum atomic E-state index is 2.37. The van der Waals surface area contributed by atoms with Gasteiger partial charge in [0.15, 0.2) is 0 Å². The second kappa shape index (κ2) is 3.97. The molecule has 0 saturated heterocycles. The maximum absolute atomic E-state index is 2.37. The van der Waals surface area contributed by atoms with Crippen molar-refractivity contribution in [2.75, 3.05) is 14.1 Å². The molecular formula is C14H21N. The molecule has 0 radical (unpaired) electrons.